The molecule has 0 fully saturated rings. The van der Waals surface area contributed by atoms with Gasteiger partial charge < -0.3 is 14.6 Å². The molecule has 1 aromatic rings. The van der Waals surface area contributed by atoms with Gasteiger partial charge in [0.1, 0.15) is 19.0 Å². The number of esters is 2. The third-order valence-electron chi connectivity index (χ3n) is 2.66. The van der Waals surface area contributed by atoms with E-state index in [-0.39, 0.29) is 24.5 Å². The Morgan fingerprint density at radius 2 is 1.71 bits per heavy atom. The first-order chi connectivity index (χ1) is 11.3. The lowest BCUT2D eigenvalue weighted by Gasteiger charge is -2.09. The van der Waals surface area contributed by atoms with Gasteiger partial charge in [-0.3, -0.25) is 4.79 Å². The molecule has 0 spiro atoms. The maximum absolute atomic E-state index is 11.8. The van der Waals surface area contributed by atoms with E-state index < -0.39 is 23.8 Å². The van der Waals surface area contributed by atoms with Crippen LogP contribution in [0.15, 0.2) is 46.6 Å². The minimum atomic E-state index is -1.41. The highest BCUT2D eigenvalue weighted by molar-refractivity contribution is 6.02. The summed E-state index contributed by atoms with van der Waals surface area (Å²) in [4.78, 5) is 34.5. The van der Waals surface area contributed by atoms with Crippen molar-refractivity contribution in [3.63, 3.8) is 0 Å². The summed E-state index contributed by atoms with van der Waals surface area (Å²) in [5.41, 5.74) is 0.591. The van der Waals surface area contributed by atoms with Crippen LogP contribution in [0.25, 0.3) is 0 Å². The maximum atomic E-state index is 11.8. The van der Waals surface area contributed by atoms with E-state index in [4.69, 9.17) is 14.6 Å². The number of nitrogens with zero attached hydrogens (tertiary/aromatic N) is 2. The molecule has 0 radical (unpaired) electrons. The molecule has 8 heteroatoms. The van der Waals surface area contributed by atoms with Crippen molar-refractivity contribution < 1.29 is 29.0 Å². The lowest BCUT2D eigenvalue weighted by Crippen LogP contribution is -2.29. The average molecular weight is 334 g/mol. The van der Waals surface area contributed by atoms with Gasteiger partial charge in [-0.25, -0.2) is 9.59 Å². The molecule has 0 amide bonds. The van der Waals surface area contributed by atoms with Crippen LogP contribution in [0.1, 0.15) is 13.8 Å². The van der Waals surface area contributed by atoms with Crippen molar-refractivity contribution in [3.8, 4) is 5.75 Å². The molecule has 1 unspecified atom stereocenters. The Hall–Kier alpha value is -3.03. The van der Waals surface area contributed by atoms with Crippen LogP contribution in [-0.4, -0.2) is 42.1 Å². The fourth-order valence-corrected chi connectivity index (χ4v) is 1.42. The number of phenols is 1. The molecule has 0 saturated carbocycles. The predicted molar refractivity (Wildman–Crippen MR) is 83.8 cm³/mol. The molecule has 0 heterocycles. The topological polar surface area (TPSA) is 115 Å². The zero-order valence-corrected chi connectivity index (χ0v) is 13.4. The molecule has 0 aromatic heterocycles. The summed E-state index contributed by atoms with van der Waals surface area (Å²) in [6.07, 6.45) is 0. The van der Waals surface area contributed by atoms with Crippen LogP contribution < -0.4 is 0 Å². The second-order valence-corrected chi connectivity index (χ2v) is 4.83. The monoisotopic (exact) mass is 334 g/mol. The number of Topliss-reactive ketones (excluding diaryl/α,β-unsaturated/α-hetero) is 1. The number of aromatic hydroxyl groups is 1. The molecule has 0 aliphatic rings. The van der Waals surface area contributed by atoms with Crippen LogP contribution in [0.2, 0.25) is 0 Å². The Balaban J connectivity index is 2.56. The Labute approximate surface area is 138 Å². The average Bonchev–Trinajstić information content (AvgIpc) is 2.52. The molecule has 1 atom stereocenters. The normalized spacial score (nSPS) is 11.8. The van der Waals surface area contributed by atoms with Crippen LogP contribution in [-0.2, 0) is 23.9 Å². The number of carbonyl (C=O) groups excluding carboxylic acids is 3. The van der Waals surface area contributed by atoms with Crippen molar-refractivity contribution in [1.82, 2.24) is 0 Å². The third kappa shape index (κ3) is 6.39. The summed E-state index contributed by atoms with van der Waals surface area (Å²) in [6, 6.07) is 4.32. The molecule has 0 aliphatic carbocycles. The Kier molecular flexibility index (Phi) is 7.28. The van der Waals surface area contributed by atoms with Crippen LogP contribution in [0, 0.1) is 0 Å². The molecule has 0 bridgehead atoms. The van der Waals surface area contributed by atoms with Crippen molar-refractivity contribution in [2.24, 2.45) is 10.2 Å². The van der Waals surface area contributed by atoms with Crippen molar-refractivity contribution in [2.75, 3.05) is 13.2 Å². The second-order valence-electron chi connectivity index (χ2n) is 4.83. The molecule has 0 saturated heterocycles. The van der Waals surface area contributed by atoms with Gasteiger partial charge in [-0.1, -0.05) is 6.58 Å². The number of benzene rings is 1. The zero-order valence-electron chi connectivity index (χ0n) is 13.4. The van der Waals surface area contributed by atoms with Crippen molar-refractivity contribution in [2.45, 2.75) is 19.9 Å². The summed E-state index contributed by atoms with van der Waals surface area (Å²) in [5.74, 6) is -1.97. The summed E-state index contributed by atoms with van der Waals surface area (Å²) in [6.45, 7) is 5.71. The van der Waals surface area contributed by atoms with Gasteiger partial charge in [-0.2, -0.15) is 10.2 Å². The first kappa shape index (κ1) is 19.0. The van der Waals surface area contributed by atoms with Gasteiger partial charge >= 0.3 is 11.9 Å². The summed E-state index contributed by atoms with van der Waals surface area (Å²) >= 11 is 0. The molecule has 24 heavy (non-hydrogen) atoms. The smallest absolute Gasteiger partial charge is 0.340 e. The van der Waals surface area contributed by atoms with Gasteiger partial charge in [0.15, 0.2) is 5.78 Å². The van der Waals surface area contributed by atoms with Crippen molar-refractivity contribution >= 4 is 23.4 Å². The first-order valence-corrected chi connectivity index (χ1v) is 7.01. The molecular weight excluding hydrogens is 316 g/mol. The molecule has 128 valence electrons. The van der Waals surface area contributed by atoms with E-state index in [9.17, 15) is 14.4 Å². The minimum Gasteiger partial charge on any atom is -0.508 e. The lowest BCUT2D eigenvalue weighted by molar-refractivity contribution is -0.152. The van der Waals surface area contributed by atoms with Gasteiger partial charge in [-0.05, 0) is 38.1 Å². The number of carbonyl (C=O) groups is 3. The van der Waals surface area contributed by atoms with E-state index in [1.165, 1.54) is 38.1 Å². The number of hydrogen-bond donors (Lipinski definition) is 1. The van der Waals surface area contributed by atoms with Crippen LogP contribution in [0.3, 0.4) is 0 Å². The van der Waals surface area contributed by atoms with Crippen molar-refractivity contribution in [1.29, 1.82) is 0 Å². The first-order valence-electron chi connectivity index (χ1n) is 7.01. The minimum absolute atomic E-state index is 0.0563. The second kappa shape index (κ2) is 9.19. The van der Waals surface area contributed by atoms with Crippen LogP contribution >= 0.6 is 0 Å². The highest BCUT2D eigenvalue weighted by Crippen LogP contribution is 2.17. The Morgan fingerprint density at radius 1 is 1.12 bits per heavy atom. The zero-order chi connectivity index (χ0) is 18.1. The van der Waals surface area contributed by atoms with Crippen molar-refractivity contribution in [3.05, 3.63) is 36.4 Å². The molecular formula is C16H18N2O6. The van der Waals surface area contributed by atoms with Crippen LogP contribution in [0.4, 0.5) is 5.69 Å². The largest absolute Gasteiger partial charge is 0.508 e. The molecule has 1 aromatic carbocycles. The van der Waals surface area contributed by atoms with E-state index >= 15 is 0 Å². The summed E-state index contributed by atoms with van der Waals surface area (Å²) < 4.78 is 9.60. The number of phenolic OH excluding ortho intramolecular Hbond substituents is 1. The molecule has 1 N–H and O–H groups in total. The fraction of sp³-hybridized carbons (Fsp3) is 0.312. The van der Waals surface area contributed by atoms with Gasteiger partial charge in [-0.15, -0.1) is 0 Å². The summed E-state index contributed by atoms with van der Waals surface area (Å²) in [5, 5.41) is 16.6. The van der Waals surface area contributed by atoms with Gasteiger partial charge in [0.25, 0.3) is 0 Å². The van der Waals surface area contributed by atoms with E-state index in [0.717, 1.165) is 0 Å². The maximum Gasteiger partial charge on any atom is 0.340 e. The van der Waals surface area contributed by atoms with Gasteiger partial charge in [0.2, 0.25) is 6.04 Å². The highest BCUT2D eigenvalue weighted by Gasteiger charge is 2.24. The quantitative estimate of drug-likeness (QED) is 0.256. The SMILES string of the molecule is C=C(C)C(=O)OCCOC(=O)C(N=Nc1ccc(O)cc1)C(C)=O. The number of hydrogen-bond acceptors (Lipinski definition) is 8. The molecule has 8 nitrogen and oxygen atoms in total. The standard InChI is InChI=1S/C16H18N2O6/c1-10(2)15(21)23-8-9-24-16(22)14(11(3)19)18-17-12-4-6-13(20)7-5-12/h4-7,14,20H,1,8-9H2,2-3H3. The van der Waals surface area contributed by atoms with E-state index in [0.29, 0.717) is 5.69 Å². The molecule has 0 aliphatic heterocycles. The van der Waals surface area contributed by atoms with Gasteiger partial charge in [0.05, 0.1) is 5.69 Å². The lowest BCUT2D eigenvalue weighted by atomic mass is 10.2. The van der Waals surface area contributed by atoms with Gasteiger partial charge in [0, 0.05) is 5.57 Å². The molecule has 1 rings (SSSR count). The Bertz CT molecular complexity index is 651. The number of azo groups is 1. The number of ketones is 1. The predicted octanol–water partition coefficient (Wildman–Crippen LogP) is 2.10. The number of ether oxygens (including phenoxy) is 2. The number of rotatable bonds is 8. The van der Waals surface area contributed by atoms with E-state index in [2.05, 4.69) is 16.8 Å². The third-order valence-corrected chi connectivity index (χ3v) is 2.66. The fourth-order valence-electron chi connectivity index (χ4n) is 1.42. The van der Waals surface area contributed by atoms with E-state index in [1.807, 2.05) is 0 Å². The van der Waals surface area contributed by atoms with Crippen LogP contribution in [0.5, 0.6) is 5.75 Å². The summed E-state index contributed by atoms with van der Waals surface area (Å²) in [7, 11) is 0. The van der Waals surface area contributed by atoms with E-state index in [1.54, 1.807) is 0 Å². The highest BCUT2D eigenvalue weighted by atomic mass is 16.6. The Morgan fingerprint density at radius 3 is 2.25 bits per heavy atom.